The van der Waals surface area contributed by atoms with Crippen molar-refractivity contribution in [3.63, 3.8) is 0 Å². The lowest BCUT2D eigenvalue weighted by molar-refractivity contribution is 0.489. The van der Waals surface area contributed by atoms with Crippen molar-refractivity contribution >= 4 is 28.3 Å². The highest BCUT2D eigenvalue weighted by Crippen LogP contribution is 2.32. The fraction of sp³-hybridized carbons (Fsp3) is 0.538. The molecule has 0 heterocycles. The van der Waals surface area contributed by atoms with Gasteiger partial charge in [0.05, 0.1) is 0 Å². The van der Waals surface area contributed by atoms with Gasteiger partial charge in [-0.25, -0.2) is 4.39 Å². The van der Waals surface area contributed by atoms with E-state index in [-0.39, 0.29) is 5.82 Å². The summed E-state index contributed by atoms with van der Waals surface area (Å²) in [7, 11) is 0. The Balaban J connectivity index is 2.08. The van der Waals surface area contributed by atoms with Crippen LogP contribution in [-0.4, -0.2) is 6.04 Å². The zero-order valence-electron chi connectivity index (χ0n) is 9.47. The number of nitrogens with one attached hydrogen (secondary N) is 1. The van der Waals surface area contributed by atoms with Gasteiger partial charge in [-0.15, -0.1) is 0 Å². The van der Waals surface area contributed by atoms with Crippen molar-refractivity contribution in [2.45, 2.75) is 38.6 Å². The Bertz CT molecular complexity index is 367. The van der Waals surface area contributed by atoms with Gasteiger partial charge in [0, 0.05) is 15.3 Å². The van der Waals surface area contributed by atoms with Gasteiger partial charge in [0.2, 0.25) is 0 Å². The van der Waals surface area contributed by atoms with Crippen molar-refractivity contribution in [2.75, 3.05) is 5.32 Å². The minimum absolute atomic E-state index is 0.159. The van der Waals surface area contributed by atoms with Crippen LogP contribution in [0.2, 0.25) is 0 Å². The predicted molar refractivity (Wildman–Crippen MR) is 74.2 cm³/mol. The summed E-state index contributed by atoms with van der Waals surface area (Å²) in [6.45, 7) is 2.25. The summed E-state index contributed by atoms with van der Waals surface area (Å²) in [5.74, 6) is 0.620. The Kier molecular flexibility index (Phi) is 4.05. The van der Waals surface area contributed by atoms with Crippen molar-refractivity contribution in [3.05, 3.63) is 27.6 Å². The van der Waals surface area contributed by atoms with Crippen LogP contribution < -0.4 is 5.32 Å². The molecular weight excluding hydrogens is 316 g/mol. The summed E-state index contributed by atoms with van der Waals surface area (Å²) >= 11 is 2.19. The van der Waals surface area contributed by atoms with Gasteiger partial charge in [-0.2, -0.15) is 0 Å². The second-order valence-corrected chi connectivity index (χ2v) is 5.64. The molecule has 2 atom stereocenters. The van der Waals surface area contributed by atoms with E-state index in [0.29, 0.717) is 6.04 Å². The maximum Gasteiger partial charge on any atom is 0.124 e. The average Bonchev–Trinajstić information content (AvgIpc) is 2.69. The van der Waals surface area contributed by atoms with Gasteiger partial charge >= 0.3 is 0 Å². The summed E-state index contributed by atoms with van der Waals surface area (Å²) < 4.78 is 13.9. The van der Waals surface area contributed by atoms with E-state index < -0.39 is 0 Å². The molecule has 1 N–H and O–H groups in total. The van der Waals surface area contributed by atoms with Gasteiger partial charge in [-0.05, 0) is 59.5 Å². The van der Waals surface area contributed by atoms with E-state index in [0.717, 1.165) is 15.2 Å². The molecule has 3 heteroatoms. The average molecular weight is 333 g/mol. The van der Waals surface area contributed by atoms with Crippen molar-refractivity contribution in [1.82, 2.24) is 0 Å². The van der Waals surface area contributed by atoms with E-state index in [1.54, 1.807) is 6.07 Å². The van der Waals surface area contributed by atoms with Crippen molar-refractivity contribution in [2.24, 2.45) is 5.92 Å². The van der Waals surface area contributed by atoms with Gasteiger partial charge in [-0.3, -0.25) is 0 Å². The fourth-order valence-corrected chi connectivity index (χ4v) is 3.15. The van der Waals surface area contributed by atoms with Crippen LogP contribution in [0.15, 0.2) is 18.2 Å². The maximum absolute atomic E-state index is 13.0. The number of anilines is 1. The Morgan fingerprint density at radius 3 is 2.94 bits per heavy atom. The van der Waals surface area contributed by atoms with E-state index in [1.807, 2.05) is 6.07 Å². The summed E-state index contributed by atoms with van der Waals surface area (Å²) in [6, 6.07) is 5.53. The molecule has 0 saturated heterocycles. The first-order valence-electron chi connectivity index (χ1n) is 5.92. The van der Waals surface area contributed by atoms with Crippen LogP contribution in [0, 0.1) is 15.3 Å². The topological polar surface area (TPSA) is 12.0 Å². The zero-order valence-corrected chi connectivity index (χ0v) is 11.6. The minimum atomic E-state index is -0.159. The molecule has 0 bridgehead atoms. The first kappa shape index (κ1) is 12.1. The maximum atomic E-state index is 13.0. The third-order valence-corrected chi connectivity index (χ3v) is 4.35. The predicted octanol–water partition coefficient (Wildman–Crippen LogP) is 4.42. The van der Waals surface area contributed by atoms with E-state index >= 15 is 0 Å². The molecular formula is C13H17FIN. The van der Waals surface area contributed by atoms with Gasteiger partial charge < -0.3 is 5.32 Å². The zero-order chi connectivity index (χ0) is 11.5. The van der Waals surface area contributed by atoms with Gasteiger partial charge in [0.15, 0.2) is 0 Å². The molecule has 0 aromatic heterocycles. The fourth-order valence-electron chi connectivity index (χ4n) is 2.52. The van der Waals surface area contributed by atoms with Crippen LogP contribution in [0.4, 0.5) is 10.1 Å². The summed E-state index contributed by atoms with van der Waals surface area (Å²) in [6.07, 6.45) is 5.11. The second-order valence-electron chi connectivity index (χ2n) is 4.47. The molecule has 1 aliphatic carbocycles. The lowest BCUT2D eigenvalue weighted by atomic mass is 10.0. The smallest absolute Gasteiger partial charge is 0.124 e. The molecule has 1 saturated carbocycles. The molecule has 2 unspecified atom stereocenters. The van der Waals surface area contributed by atoms with Gasteiger partial charge in [-0.1, -0.05) is 19.8 Å². The number of hydrogen-bond acceptors (Lipinski definition) is 1. The number of halogens is 2. The Morgan fingerprint density at radius 1 is 1.44 bits per heavy atom. The molecule has 1 aliphatic rings. The Labute approximate surface area is 110 Å². The van der Waals surface area contributed by atoms with Gasteiger partial charge in [0.25, 0.3) is 0 Å². The quantitative estimate of drug-likeness (QED) is 0.808. The second kappa shape index (κ2) is 5.34. The highest BCUT2D eigenvalue weighted by molar-refractivity contribution is 14.1. The lowest BCUT2D eigenvalue weighted by Crippen LogP contribution is -2.23. The van der Waals surface area contributed by atoms with Crippen molar-refractivity contribution in [1.29, 1.82) is 0 Å². The number of benzene rings is 1. The first-order chi connectivity index (χ1) is 7.70. The lowest BCUT2D eigenvalue weighted by Gasteiger charge is -2.21. The summed E-state index contributed by atoms with van der Waals surface area (Å²) in [4.78, 5) is 0. The molecule has 88 valence electrons. The Hall–Kier alpha value is -0.320. The monoisotopic (exact) mass is 333 g/mol. The molecule has 1 aromatic carbocycles. The molecule has 0 aliphatic heterocycles. The van der Waals surface area contributed by atoms with Crippen LogP contribution in [0.1, 0.15) is 32.6 Å². The van der Waals surface area contributed by atoms with Crippen LogP contribution in [0.5, 0.6) is 0 Å². The van der Waals surface area contributed by atoms with Crippen LogP contribution in [0.25, 0.3) is 0 Å². The van der Waals surface area contributed by atoms with Crippen LogP contribution >= 0.6 is 22.6 Å². The highest BCUT2D eigenvalue weighted by Gasteiger charge is 2.25. The minimum Gasteiger partial charge on any atom is -0.381 e. The molecule has 16 heavy (non-hydrogen) atoms. The third kappa shape index (κ3) is 2.67. The largest absolute Gasteiger partial charge is 0.381 e. The number of rotatable bonds is 3. The molecule has 1 nitrogen and oxygen atoms in total. The molecule has 0 spiro atoms. The Morgan fingerprint density at radius 2 is 2.25 bits per heavy atom. The van der Waals surface area contributed by atoms with Crippen molar-refractivity contribution in [3.8, 4) is 0 Å². The van der Waals surface area contributed by atoms with Crippen LogP contribution in [0.3, 0.4) is 0 Å². The van der Waals surface area contributed by atoms with Crippen molar-refractivity contribution < 1.29 is 4.39 Å². The highest BCUT2D eigenvalue weighted by atomic mass is 127. The first-order valence-corrected chi connectivity index (χ1v) is 7.00. The van der Waals surface area contributed by atoms with E-state index in [2.05, 4.69) is 34.8 Å². The normalized spacial score (nSPS) is 24.7. The molecule has 1 fully saturated rings. The molecule has 0 radical (unpaired) electrons. The molecule has 1 aromatic rings. The van der Waals surface area contributed by atoms with Crippen LogP contribution in [-0.2, 0) is 0 Å². The third-order valence-electron chi connectivity index (χ3n) is 3.46. The molecule has 2 rings (SSSR count). The van der Waals surface area contributed by atoms with Gasteiger partial charge in [0.1, 0.15) is 5.82 Å². The number of hydrogen-bond donors (Lipinski definition) is 1. The van der Waals surface area contributed by atoms with E-state index in [4.69, 9.17) is 0 Å². The summed E-state index contributed by atoms with van der Waals surface area (Å²) in [5, 5.41) is 3.56. The SMILES string of the molecule is CCC1CCCC1Nc1ccc(F)cc1I. The van der Waals surface area contributed by atoms with E-state index in [9.17, 15) is 4.39 Å². The van der Waals surface area contributed by atoms with E-state index in [1.165, 1.54) is 31.7 Å². The summed E-state index contributed by atoms with van der Waals surface area (Å²) in [5.41, 5.74) is 1.08. The standard InChI is InChI=1S/C13H17FIN/c1-2-9-4-3-5-12(9)16-13-7-6-10(14)8-11(13)15/h6-9,12,16H,2-5H2,1H3. The molecule has 0 amide bonds.